The summed E-state index contributed by atoms with van der Waals surface area (Å²) in [5.74, 6) is -0.324. The maximum absolute atomic E-state index is 14.2. The number of carbonyl (C=O) groups excluding carboxylic acids is 2. The zero-order valence-electron chi connectivity index (χ0n) is 27.5. The van der Waals surface area contributed by atoms with Crippen LogP contribution in [0.15, 0.2) is 78.0 Å². The van der Waals surface area contributed by atoms with Crippen LogP contribution in [-0.2, 0) is 17.9 Å². The fraction of sp³-hybridized carbons (Fsp3) is 0.324. The van der Waals surface area contributed by atoms with Crippen LogP contribution in [0.4, 0.5) is 13.2 Å². The van der Waals surface area contributed by atoms with Crippen molar-refractivity contribution in [1.29, 1.82) is 0 Å². The third-order valence-corrected chi connectivity index (χ3v) is 8.45. The van der Waals surface area contributed by atoms with Gasteiger partial charge in [-0.3, -0.25) is 23.9 Å². The molecule has 0 bridgehead atoms. The molecule has 6 rings (SSSR count). The molecule has 5 aromatic rings. The molecule has 1 fully saturated rings. The van der Waals surface area contributed by atoms with E-state index in [0.29, 0.717) is 30.4 Å². The number of nitrogens with zero attached hydrogens (tertiary/aromatic N) is 8. The van der Waals surface area contributed by atoms with Crippen LogP contribution in [0.25, 0.3) is 16.7 Å². The number of halogens is 4. The Kier molecular flexibility index (Phi) is 10.1. The third kappa shape index (κ3) is 8.35. The lowest BCUT2D eigenvalue weighted by molar-refractivity contribution is -0.153. The van der Waals surface area contributed by atoms with E-state index in [1.165, 1.54) is 42.9 Å². The number of hydrogen-bond donors (Lipinski definition) is 0. The smallest absolute Gasteiger partial charge is 0.422 e. The molecular weight excluding hydrogens is 693 g/mol. The molecule has 0 spiro atoms. The molecule has 0 N–H and O–H groups in total. The lowest BCUT2D eigenvalue weighted by Gasteiger charge is -2.47. The summed E-state index contributed by atoms with van der Waals surface area (Å²) in [6.45, 7) is 2.81. The van der Waals surface area contributed by atoms with Crippen molar-refractivity contribution in [1.82, 2.24) is 39.3 Å². The van der Waals surface area contributed by atoms with Gasteiger partial charge in [0.2, 0.25) is 0 Å². The molecule has 13 nitrogen and oxygen atoms in total. The van der Waals surface area contributed by atoms with Gasteiger partial charge in [-0.1, -0.05) is 11.6 Å². The number of rotatable bonds is 11. The number of alkyl halides is 3. The highest BCUT2D eigenvalue weighted by Gasteiger charge is 2.37. The van der Waals surface area contributed by atoms with Gasteiger partial charge in [-0.05, 0) is 68.4 Å². The van der Waals surface area contributed by atoms with Gasteiger partial charge in [0.05, 0.1) is 35.6 Å². The average Bonchev–Trinajstić information content (AvgIpc) is 3.59. The summed E-state index contributed by atoms with van der Waals surface area (Å²) in [5.41, 5.74) is -1.20. The van der Waals surface area contributed by atoms with Crippen LogP contribution < -0.4 is 15.0 Å². The van der Waals surface area contributed by atoms with Crippen molar-refractivity contribution in [2.24, 2.45) is 0 Å². The van der Waals surface area contributed by atoms with Gasteiger partial charge >= 0.3 is 6.18 Å². The molecule has 0 saturated carbocycles. The van der Waals surface area contributed by atoms with Crippen LogP contribution in [0, 0.1) is 0 Å². The number of amides is 1. The standard InChI is InChI=1S/C34H32ClF3N8O5/c1-33(2)20-43(14-15-44(33)30(48)19-50-24-8-6-23(35)7-9-24)18-29-42-31-25(4-3-11-39-31)32(49)46(29)26-16-22(27(47)17-45-40-12-13-41-45)5-10-28(26)51-21-34(36,37)38/h3-13,16H,14-15,17-21H2,1-2H3. The van der Waals surface area contributed by atoms with Gasteiger partial charge in [-0.25, -0.2) is 9.97 Å². The predicted molar refractivity (Wildman–Crippen MR) is 179 cm³/mol. The highest BCUT2D eigenvalue weighted by atomic mass is 35.5. The highest BCUT2D eigenvalue weighted by Crippen LogP contribution is 2.29. The number of pyridine rings is 1. The van der Waals surface area contributed by atoms with Gasteiger partial charge in [-0.2, -0.15) is 28.2 Å². The lowest BCUT2D eigenvalue weighted by Crippen LogP contribution is -2.61. The van der Waals surface area contributed by atoms with Crippen LogP contribution >= 0.6 is 11.6 Å². The van der Waals surface area contributed by atoms with Gasteiger partial charge in [0.1, 0.15) is 23.9 Å². The molecule has 1 aliphatic rings. The normalized spacial score (nSPS) is 14.8. The number of ketones is 1. The number of carbonyl (C=O) groups is 2. The van der Waals surface area contributed by atoms with E-state index >= 15 is 0 Å². The van der Waals surface area contributed by atoms with E-state index < -0.39 is 29.7 Å². The van der Waals surface area contributed by atoms with E-state index in [2.05, 4.69) is 20.2 Å². The van der Waals surface area contributed by atoms with E-state index in [1.54, 1.807) is 35.2 Å². The molecule has 2 aromatic carbocycles. The largest absolute Gasteiger partial charge is 0.484 e. The van der Waals surface area contributed by atoms with Crippen molar-refractivity contribution in [3.63, 3.8) is 0 Å². The Balaban J connectivity index is 1.32. The monoisotopic (exact) mass is 724 g/mol. The topological polar surface area (TPSA) is 138 Å². The van der Waals surface area contributed by atoms with Crippen molar-refractivity contribution in [3.8, 4) is 17.2 Å². The summed E-state index contributed by atoms with van der Waals surface area (Å²) in [4.78, 5) is 54.4. The van der Waals surface area contributed by atoms with Gasteiger partial charge in [-0.15, -0.1) is 0 Å². The first-order valence-electron chi connectivity index (χ1n) is 15.8. The van der Waals surface area contributed by atoms with E-state index in [-0.39, 0.29) is 59.5 Å². The number of ether oxygens (including phenoxy) is 2. The zero-order chi connectivity index (χ0) is 36.3. The van der Waals surface area contributed by atoms with E-state index in [9.17, 15) is 27.6 Å². The molecule has 3 aromatic heterocycles. The predicted octanol–water partition coefficient (Wildman–Crippen LogP) is 4.35. The number of hydrogen-bond acceptors (Lipinski definition) is 10. The van der Waals surface area contributed by atoms with Crippen molar-refractivity contribution in [2.45, 2.75) is 38.7 Å². The fourth-order valence-corrected chi connectivity index (χ4v) is 6.04. The number of aromatic nitrogens is 6. The van der Waals surface area contributed by atoms with E-state index in [1.807, 2.05) is 18.7 Å². The molecule has 51 heavy (non-hydrogen) atoms. The maximum Gasteiger partial charge on any atom is 0.422 e. The summed E-state index contributed by atoms with van der Waals surface area (Å²) in [7, 11) is 0. The number of benzene rings is 2. The van der Waals surface area contributed by atoms with E-state index in [4.69, 9.17) is 21.1 Å². The van der Waals surface area contributed by atoms with Gasteiger partial charge in [0.15, 0.2) is 24.6 Å². The van der Waals surface area contributed by atoms with Gasteiger partial charge in [0.25, 0.3) is 11.5 Å². The minimum atomic E-state index is -4.68. The molecule has 17 heteroatoms. The first-order valence-corrected chi connectivity index (χ1v) is 16.1. The molecular formula is C34H32ClF3N8O5. The Morgan fingerprint density at radius 2 is 1.73 bits per heavy atom. The second kappa shape index (κ2) is 14.5. The Morgan fingerprint density at radius 1 is 0.980 bits per heavy atom. The molecule has 1 saturated heterocycles. The Morgan fingerprint density at radius 3 is 2.43 bits per heavy atom. The summed E-state index contributed by atoms with van der Waals surface area (Å²) in [6.07, 6.45) is -0.401. The van der Waals surface area contributed by atoms with Crippen LogP contribution in [0.1, 0.15) is 30.0 Å². The van der Waals surface area contributed by atoms with Gasteiger partial charge < -0.3 is 14.4 Å². The first kappa shape index (κ1) is 35.5. The molecule has 1 aliphatic heterocycles. The Labute approximate surface area is 294 Å². The quantitative estimate of drug-likeness (QED) is 0.181. The number of Topliss-reactive ketones (excluding diaryl/α,β-unsaturated/α-hetero) is 1. The highest BCUT2D eigenvalue weighted by molar-refractivity contribution is 6.30. The lowest BCUT2D eigenvalue weighted by atomic mass is 9.98. The SMILES string of the molecule is CC1(C)CN(Cc2nc3ncccc3c(=O)n2-c2cc(C(=O)Cn3nccn3)ccc2OCC(F)(F)F)CCN1C(=O)COc1ccc(Cl)cc1. The van der Waals surface area contributed by atoms with Crippen LogP contribution in [0.2, 0.25) is 5.02 Å². The minimum absolute atomic E-state index is 0.0442. The summed E-state index contributed by atoms with van der Waals surface area (Å²) < 4.78 is 52.1. The summed E-state index contributed by atoms with van der Waals surface area (Å²) in [5, 5.41) is 8.53. The second-order valence-electron chi connectivity index (χ2n) is 12.4. The number of fused-ring (bicyclic) bond motifs is 1. The maximum atomic E-state index is 14.2. The molecule has 266 valence electrons. The summed E-state index contributed by atoms with van der Waals surface area (Å²) >= 11 is 5.94. The van der Waals surface area contributed by atoms with Crippen molar-refractivity contribution in [3.05, 3.63) is 100.0 Å². The van der Waals surface area contributed by atoms with Crippen LogP contribution in [0.3, 0.4) is 0 Å². The van der Waals surface area contributed by atoms with Crippen molar-refractivity contribution < 1.29 is 32.2 Å². The van der Waals surface area contributed by atoms with Crippen LogP contribution in [-0.4, -0.2) is 95.6 Å². The molecule has 0 unspecified atom stereocenters. The van der Waals surface area contributed by atoms with E-state index in [0.717, 1.165) is 9.36 Å². The fourth-order valence-electron chi connectivity index (χ4n) is 5.92. The molecule has 0 atom stereocenters. The Bertz CT molecular complexity index is 2110. The van der Waals surface area contributed by atoms with Crippen molar-refractivity contribution in [2.75, 3.05) is 32.8 Å². The van der Waals surface area contributed by atoms with Crippen LogP contribution in [0.5, 0.6) is 11.5 Å². The minimum Gasteiger partial charge on any atom is -0.484 e. The molecule has 1 amide bonds. The van der Waals surface area contributed by atoms with Gasteiger partial charge in [0, 0.05) is 36.4 Å². The summed E-state index contributed by atoms with van der Waals surface area (Å²) in [6, 6.07) is 13.6. The molecule has 0 radical (unpaired) electrons. The molecule has 4 heterocycles. The van der Waals surface area contributed by atoms with Crippen molar-refractivity contribution >= 4 is 34.3 Å². The third-order valence-electron chi connectivity index (χ3n) is 8.20. The Hall–Kier alpha value is -5.35. The molecule has 0 aliphatic carbocycles. The first-order chi connectivity index (χ1) is 24.3. The average molecular weight is 725 g/mol. The zero-order valence-corrected chi connectivity index (χ0v) is 28.3. The number of piperazine rings is 1. The second-order valence-corrected chi connectivity index (χ2v) is 12.9.